The van der Waals surface area contributed by atoms with Gasteiger partial charge in [-0.3, -0.25) is 0 Å². The number of nitrogens with zero attached hydrogens (tertiary/aromatic N) is 1. The van der Waals surface area contributed by atoms with E-state index in [1.54, 1.807) is 13.3 Å². The molecule has 0 atom stereocenters. The topological polar surface area (TPSA) is 51.2 Å². The SMILES string of the molecule is CNc1nc(C)c(-c2ccco2)o1. The second-order valence-corrected chi connectivity index (χ2v) is 2.66. The normalized spacial score (nSPS) is 10.3. The maximum absolute atomic E-state index is 5.39. The van der Waals surface area contributed by atoms with Crippen molar-refractivity contribution >= 4 is 6.01 Å². The van der Waals surface area contributed by atoms with Gasteiger partial charge >= 0.3 is 0 Å². The number of aryl methyl sites for hydroxylation is 1. The molecule has 13 heavy (non-hydrogen) atoms. The molecule has 1 N–H and O–H groups in total. The Morgan fingerprint density at radius 3 is 2.85 bits per heavy atom. The molecular formula is C9H10N2O2. The standard InChI is InChI=1S/C9H10N2O2/c1-6-8(7-4-3-5-12-7)13-9(10-2)11-6/h3-5H,1-2H3,(H,10,11). The highest BCUT2D eigenvalue weighted by atomic mass is 16.4. The number of oxazole rings is 1. The summed E-state index contributed by atoms with van der Waals surface area (Å²) in [7, 11) is 1.76. The molecule has 0 unspecified atom stereocenters. The second-order valence-electron chi connectivity index (χ2n) is 2.66. The first kappa shape index (κ1) is 7.91. The maximum Gasteiger partial charge on any atom is 0.295 e. The van der Waals surface area contributed by atoms with Gasteiger partial charge in [-0.1, -0.05) is 0 Å². The fourth-order valence-corrected chi connectivity index (χ4v) is 1.14. The summed E-state index contributed by atoms with van der Waals surface area (Å²) in [5.41, 5.74) is 0.819. The molecule has 2 aromatic rings. The van der Waals surface area contributed by atoms with Crippen molar-refractivity contribution in [2.75, 3.05) is 12.4 Å². The molecule has 0 aliphatic carbocycles. The van der Waals surface area contributed by atoms with Crippen LogP contribution in [0.5, 0.6) is 0 Å². The Bertz CT molecular complexity index is 390. The van der Waals surface area contributed by atoms with Crippen LogP contribution in [0.2, 0.25) is 0 Å². The summed E-state index contributed by atoms with van der Waals surface area (Å²) in [6.45, 7) is 1.88. The van der Waals surface area contributed by atoms with Gasteiger partial charge in [0.25, 0.3) is 6.01 Å². The lowest BCUT2D eigenvalue weighted by molar-refractivity contribution is 0.528. The van der Waals surface area contributed by atoms with Crippen LogP contribution < -0.4 is 5.32 Å². The average Bonchev–Trinajstić information content (AvgIpc) is 2.72. The third-order valence-electron chi connectivity index (χ3n) is 1.76. The van der Waals surface area contributed by atoms with Crippen molar-refractivity contribution in [2.24, 2.45) is 0 Å². The molecular weight excluding hydrogens is 168 g/mol. The third kappa shape index (κ3) is 1.30. The van der Waals surface area contributed by atoms with Gasteiger partial charge in [-0.15, -0.1) is 0 Å². The Labute approximate surface area is 75.6 Å². The van der Waals surface area contributed by atoms with E-state index in [0.717, 1.165) is 5.69 Å². The van der Waals surface area contributed by atoms with Gasteiger partial charge in [-0.05, 0) is 19.1 Å². The van der Waals surface area contributed by atoms with Crippen molar-refractivity contribution in [2.45, 2.75) is 6.92 Å². The van der Waals surface area contributed by atoms with Gasteiger partial charge < -0.3 is 14.2 Å². The zero-order valence-electron chi connectivity index (χ0n) is 7.50. The van der Waals surface area contributed by atoms with Gasteiger partial charge in [-0.25, -0.2) is 0 Å². The first-order valence-corrected chi connectivity index (χ1v) is 4.00. The van der Waals surface area contributed by atoms with Crippen LogP contribution in [0.25, 0.3) is 11.5 Å². The molecule has 0 aliphatic rings. The number of hydrogen-bond acceptors (Lipinski definition) is 4. The number of furan rings is 1. The van der Waals surface area contributed by atoms with E-state index in [-0.39, 0.29) is 0 Å². The summed E-state index contributed by atoms with van der Waals surface area (Å²) in [6.07, 6.45) is 1.61. The summed E-state index contributed by atoms with van der Waals surface area (Å²) in [5.74, 6) is 1.38. The summed E-state index contributed by atoms with van der Waals surface area (Å²) >= 11 is 0. The minimum atomic E-state index is 0.504. The lowest BCUT2D eigenvalue weighted by Gasteiger charge is -1.89. The highest BCUT2D eigenvalue weighted by Crippen LogP contribution is 2.26. The largest absolute Gasteiger partial charge is 0.461 e. The smallest absolute Gasteiger partial charge is 0.295 e. The molecule has 0 saturated carbocycles. The molecule has 2 rings (SSSR count). The van der Waals surface area contributed by atoms with Crippen LogP contribution in [0.15, 0.2) is 27.2 Å². The number of nitrogens with one attached hydrogen (secondary N) is 1. The minimum Gasteiger partial charge on any atom is -0.461 e. The Morgan fingerprint density at radius 1 is 1.46 bits per heavy atom. The van der Waals surface area contributed by atoms with Crippen molar-refractivity contribution in [3.8, 4) is 11.5 Å². The van der Waals surface area contributed by atoms with Crippen LogP contribution in [-0.4, -0.2) is 12.0 Å². The molecule has 2 aromatic heterocycles. The van der Waals surface area contributed by atoms with Crippen LogP contribution >= 0.6 is 0 Å². The molecule has 0 aromatic carbocycles. The van der Waals surface area contributed by atoms with Crippen molar-refractivity contribution in [1.29, 1.82) is 0 Å². The van der Waals surface area contributed by atoms with Crippen LogP contribution in [0.4, 0.5) is 6.01 Å². The molecule has 4 nitrogen and oxygen atoms in total. The van der Waals surface area contributed by atoms with Gasteiger partial charge in [0.05, 0.1) is 12.0 Å². The van der Waals surface area contributed by atoms with E-state index in [2.05, 4.69) is 10.3 Å². The molecule has 68 valence electrons. The van der Waals surface area contributed by atoms with E-state index >= 15 is 0 Å². The van der Waals surface area contributed by atoms with Crippen molar-refractivity contribution in [3.05, 3.63) is 24.1 Å². The maximum atomic E-state index is 5.39. The monoisotopic (exact) mass is 178 g/mol. The molecule has 0 saturated heterocycles. The summed E-state index contributed by atoms with van der Waals surface area (Å²) in [4.78, 5) is 4.15. The van der Waals surface area contributed by atoms with E-state index in [1.807, 2.05) is 19.1 Å². The van der Waals surface area contributed by atoms with Crippen LogP contribution in [0.3, 0.4) is 0 Å². The molecule has 0 spiro atoms. The highest BCUT2D eigenvalue weighted by Gasteiger charge is 2.12. The fourth-order valence-electron chi connectivity index (χ4n) is 1.14. The second kappa shape index (κ2) is 2.97. The Balaban J connectivity index is 2.46. The number of aromatic nitrogens is 1. The van der Waals surface area contributed by atoms with E-state index < -0.39 is 0 Å². The van der Waals surface area contributed by atoms with Gasteiger partial charge in [-0.2, -0.15) is 4.98 Å². The first-order valence-electron chi connectivity index (χ1n) is 4.00. The Hall–Kier alpha value is -1.71. The zero-order chi connectivity index (χ0) is 9.26. The van der Waals surface area contributed by atoms with Crippen molar-refractivity contribution in [3.63, 3.8) is 0 Å². The number of anilines is 1. The highest BCUT2D eigenvalue weighted by molar-refractivity contribution is 5.54. The van der Waals surface area contributed by atoms with Crippen LogP contribution in [0.1, 0.15) is 5.69 Å². The van der Waals surface area contributed by atoms with Gasteiger partial charge in [0.1, 0.15) is 0 Å². The summed E-state index contributed by atoms with van der Waals surface area (Å²) in [5, 5.41) is 2.83. The van der Waals surface area contributed by atoms with Crippen LogP contribution in [0, 0.1) is 6.92 Å². The van der Waals surface area contributed by atoms with Crippen molar-refractivity contribution < 1.29 is 8.83 Å². The molecule has 0 amide bonds. The molecule has 0 radical (unpaired) electrons. The fraction of sp³-hybridized carbons (Fsp3) is 0.222. The summed E-state index contributed by atoms with van der Waals surface area (Å²) < 4.78 is 10.6. The average molecular weight is 178 g/mol. The Morgan fingerprint density at radius 2 is 2.31 bits per heavy atom. The Kier molecular flexibility index (Phi) is 1.81. The first-order chi connectivity index (χ1) is 6.31. The molecule has 0 aliphatic heterocycles. The van der Waals surface area contributed by atoms with Crippen LogP contribution in [-0.2, 0) is 0 Å². The molecule has 4 heteroatoms. The lowest BCUT2D eigenvalue weighted by Crippen LogP contribution is -1.85. The molecule has 0 fully saturated rings. The number of hydrogen-bond donors (Lipinski definition) is 1. The summed E-state index contributed by atoms with van der Waals surface area (Å²) in [6, 6.07) is 4.16. The number of rotatable bonds is 2. The minimum absolute atomic E-state index is 0.504. The molecule has 2 heterocycles. The molecule has 0 bridgehead atoms. The predicted octanol–water partition coefficient (Wildman–Crippen LogP) is 2.28. The van der Waals surface area contributed by atoms with Gasteiger partial charge in [0.15, 0.2) is 11.5 Å². The quantitative estimate of drug-likeness (QED) is 0.766. The van der Waals surface area contributed by atoms with E-state index in [4.69, 9.17) is 8.83 Å². The predicted molar refractivity (Wildman–Crippen MR) is 48.5 cm³/mol. The third-order valence-corrected chi connectivity index (χ3v) is 1.76. The van der Waals surface area contributed by atoms with E-state index in [9.17, 15) is 0 Å². The van der Waals surface area contributed by atoms with Gasteiger partial charge in [0.2, 0.25) is 0 Å². The van der Waals surface area contributed by atoms with Crippen molar-refractivity contribution in [1.82, 2.24) is 4.98 Å². The zero-order valence-corrected chi connectivity index (χ0v) is 7.50. The van der Waals surface area contributed by atoms with E-state index in [0.29, 0.717) is 17.5 Å². The van der Waals surface area contributed by atoms with E-state index in [1.165, 1.54) is 0 Å². The lowest BCUT2D eigenvalue weighted by atomic mass is 10.3. The van der Waals surface area contributed by atoms with Gasteiger partial charge in [0, 0.05) is 7.05 Å².